The molecule has 0 aromatic carbocycles. The van der Waals surface area contributed by atoms with Gasteiger partial charge in [0.1, 0.15) is 5.82 Å². The highest BCUT2D eigenvalue weighted by molar-refractivity contribution is 5.85. The average molecular weight is 250 g/mol. The Morgan fingerprint density at radius 1 is 1.44 bits per heavy atom. The summed E-state index contributed by atoms with van der Waals surface area (Å²) in [6, 6.07) is 5.09. The Morgan fingerprint density at radius 2 is 2.11 bits per heavy atom. The number of piperidine rings is 1. The molecule has 1 aliphatic rings. The number of nitrogens with zero attached hydrogens (tertiary/aromatic N) is 2. The first-order valence-electron chi connectivity index (χ1n) is 6.04. The molecule has 0 bridgehead atoms. The zero-order chi connectivity index (χ0) is 13.2. The number of carbonyl (C=O) groups is 1. The number of carboxylic acid groups (broad SMARTS) is 1. The van der Waals surface area contributed by atoms with E-state index < -0.39 is 5.97 Å². The van der Waals surface area contributed by atoms with Crippen LogP contribution in [0, 0.1) is 0 Å². The van der Waals surface area contributed by atoms with Crippen molar-refractivity contribution in [1.29, 1.82) is 0 Å². The van der Waals surface area contributed by atoms with Gasteiger partial charge in [0.05, 0.1) is 5.60 Å². The van der Waals surface area contributed by atoms with Crippen LogP contribution in [0.3, 0.4) is 0 Å². The number of hydrogen-bond donors (Lipinski definition) is 1. The second-order valence-electron chi connectivity index (χ2n) is 4.83. The molecular weight excluding hydrogens is 232 g/mol. The van der Waals surface area contributed by atoms with E-state index in [9.17, 15) is 4.79 Å². The van der Waals surface area contributed by atoms with Gasteiger partial charge in [-0.05, 0) is 31.9 Å². The van der Waals surface area contributed by atoms with Crippen LogP contribution in [0.4, 0.5) is 5.82 Å². The number of rotatable bonds is 3. The minimum atomic E-state index is -0.990. The van der Waals surface area contributed by atoms with Crippen LogP contribution in [0.15, 0.2) is 18.2 Å². The lowest BCUT2D eigenvalue weighted by Crippen LogP contribution is -2.44. The number of hydrogen-bond acceptors (Lipinski definition) is 4. The van der Waals surface area contributed by atoms with Gasteiger partial charge in [-0.15, -0.1) is 0 Å². The van der Waals surface area contributed by atoms with E-state index in [1.807, 2.05) is 6.07 Å². The van der Waals surface area contributed by atoms with Crippen molar-refractivity contribution in [1.82, 2.24) is 4.98 Å². The molecule has 1 fully saturated rings. The molecule has 1 N–H and O–H groups in total. The van der Waals surface area contributed by atoms with Gasteiger partial charge in [-0.1, -0.05) is 6.07 Å². The zero-order valence-electron chi connectivity index (χ0n) is 10.7. The molecule has 1 aromatic heterocycles. The predicted molar refractivity (Wildman–Crippen MR) is 68.1 cm³/mol. The molecule has 0 atom stereocenters. The molecule has 98 valence electrons. The first-order chi connectivity index (χ1) is 8.54. The van der Waals surface area contributed by atoms with Gasteiger partial charge in [-0.25, -0.2) is 9.78 Å². The Labute approximate surface area is 106 Å². The molecule has 0 spiro atoms. The molecular formula is C13H18N2O3. The number of pyridine rings is 1. The fraction of sp³-hybridized carbons (Fsp3) is 0.538. The summed E-state index contributed by atoms with van der Waals surface area (Å²) >= 11 is 0. The van der Waals surface area contributed by atoms with Gasteiger partial charge in [-0.3, -0.25) is 0 Å². The van der Waals surface area contributed by atoms with Gasteiger partial charge in [0.25, 0.3) is 0 Å². The third kappa shape index (κ3) is 2.61. The number of aromatic nitrogens is 1. The van der Waals surface area contributed by atoms with Crippen LogP contribution in [-0.4, -0.2) is 41.9 Å². The summed E-state index contributed by atoms with van der Waals surface area (Å²) in [4.78, 5) is 17.1. The van der Waals surface area contributed by atoms with E-state index in [0.717, 1.165) is 31.7 Å². The fourth-order valence-electron chi connectivity index (χ4n) is 2.13. The van der Waals surface area contributed by atoms with E-state index in [4.69, 9.17) is 9.84 Å². The Balaban J connectivity index is 2.10. The molecule has 1 saturated heterocycles. The quantitative estimate of drug-likeness (QED) is 0.886. The van der Waals surface area contributed by atoms with Crippen molar-refractivity contribution < 1.29 is 14.6 Å². The molecule has 5 nitrogen and oxygen atoms in total. The van der Waals surface area contributed by atoms with Crippen molar-refractivity contribution in [3.05, 3.63) is 23.9 Å². The third-order valence-electron chi connectivity index (χ3n) is 3.59. The maximum Gasteiger partial charge on any atom is 0.354 e. The molecule has 18 heavy (non-hydrogen) atoms. The Kier molecular flexibility index (Phi) is 3.52. The molecule has 1 aliphatic heterocycles. The Hall–Kier alpha value is -1.62. The first-order valence-corrected chi connectivity index (χ1v) is 6.04. The molecule has 5 heteroatoms. The summed E-state index contributed by atoms with van der Waals surface area (Å²) in [5.41, 5.74) is 0.0218. The van der Waals surface area contributed by atoms with E-state index >= 15 is 0 Å². The molecule has 2 rings (SSSR count). The summed E-state index contributed by atoms with van der Waals surface area (Å²) < 4.78 is 5.48. The first kappa shape index (κ1) is 12.8. The monoisotopic (exact) mass is 250 g/mol. The van der Waals surface area contributed by atoms with Crippen molar-refractivity contribution in [3.63, 3.8) is 0 Å². The molecule has 0 saturated carbocycles. The van der Waals surface area contributed by atoms with Crippen LogP contribution in [0.25, 0.3) is 0 Å². The van der Waals surface area contributed by atoms with Crippen LogP contribution >= 0.6 is 0 Å². The number of anilines is 1. The lowest BCUT2D eigenvalue weighted by atomic mass is 9.93. The van der Waals surface area contributed by atoms with E-state index in [0.29, 0.717) is 0 Å². The number of ether oxygens (including phenoxy) is 1. The summed E-state index contributed by atoms with van der Waals surface area (Å²) in [6.45, 7) is 3.77. The van der Waals surface area contributed by atoms with Crippen LogP contribution in [0.2, 0.25) is 0 Å². The van der Waals surface area contributed by atoms with Crippen LogP contribution in [0.5, 0.6) is 0 Å². The number of methoxy groups -OCH3 is 1. The minimum absolute atomic E-state index is 0.0685. The van der Waals surface area contributed by atoms with Crippen molar-refractivity contribution in [3.8, 4) is 0 Å². The average Bonchev–Trinajstić information content (AvgIpc) is 2.40. The maximum atomic E-state index is 10.9. The minimum Gasteiger partial charge on any atom is -0.477 e. The summed E-state index contributed by atoms with van der Waals surface area (Å²) in [7, 11) is 1.74. The Morgan fingerprint density at radius 3 is 2.67 bits per heavy atom. The van der Waals surface area contributed by atoms with E-state index in [2.05, 4.69) is 16.8 Å². The van der Waals surface area contributed by atoms with Gasteiger partial charge in [0, 0.05) is 20.2 Å². The number of aromatic carboxylic acids is 1. The Bertz CT molecular complexity index is 440. The molecule has 2 heterocycles. The normalized spacial score (nSPS) is 18.7. The van der Waals surface area contributed by atoms with Crippen molar-refractivity contribution in [2.24, 2.45) is 0 Å². The SMILES string of the molecule is COC1(C)CCN(c2cccc(C(=O)O)n2)CC1. The fourth-order valence-corrected chi connectivity index (χ4v) is 2.13. The van der Waals surface area contributed by atoms with Gasteiger partial charge >= 0.3 is 5.97 Å². The molecule has 0 aliphatic carbocycles. The highest BCUT2D eigenvalue weighted by Gasteiger charge is 2.30. The molecule has 0 radical (unpaired) electrons. The lowest BCUT2D eigenvalue weighted by molar-refractivity contribution is -0.0133. The molecule has 0 amide bonds. The topological polar surface area (TPSA) is 62.7 Å². The third-order valence-corrected chi connectivity index (χ3v) is 3.59. The summed E-state index contributed by atoms with van der Waals surface area (Å²) in [5.74, 6) is -0.261. The standard InChI is InChI=1S/C13H18N2O3/c1-13(18-2)6-8-15(9-7-13)11-5-3-4-10(14-11)12(16)17/h3-5H,6-9H2,1-2H3,(H,16,17). The van der Waals surface area contributed by atoms with Crippen LogP contribution in [0.1, 0.15) is 30.3 Å². The predicted octanol–water partition coefficient (Wildman–Crippen LogP) is 1.79. The maximum absolute atomic E-state index is 10.9. The summed E-state index contributed by atoms with van der Waals surface area (Å²) in [5, 5.41) is 8.93. The van der Waals surface area contributed by atoms with E-state index in [1.165, 1.54) is 6.07 Å². The highest BCUT2D eigenvalue weighted by atomic mass is 16.5. The smallest absolute Gasteiger partial charge is 0.354 e. The lowest BCUT2D eigenvalue weighted by Gasteiger charge is -2.38. The zero-order valence-corrected chi connectivity index (χ0v) is 10.7. The molecule has 0 unspecified atom stereocenters. The second kappa shape index (κ2) is 4.94. The van der Waals surface area contributed by atoms with Crippen molar-refractivity contribution >= 4 is 11.8 Å². The largest absolute Gasteiger partial charge is 0.477 e. The van der Waals surface area contributed by atoms with Gasteiger partial charge in [0.15, 0.2) is 5.69 Å². The van der Waals surface area contributed by atoms with E-state index in [-0.39, 0.29) is 11.3 Å². The van der Waals surface area contributed by atoms with Crippen LogP contribution in [-0.2, 0) is 4.74 Å². The summed E-state index contributed by atoms with van der Waals surface area (Å²) in [6.07, 6.45) is 1.84. The highest BCUT2D eigenvalue weighted by Crippen LogP contribution is 2.27. The molecule has 1 aromatic rings. The van der Waals surface area contributed by atoms with Crippen molar-refractivity contribution in [2.45, 2.75) is 25.4 Å². The van der Waals surface area contributed by atoms with Crippen molar-refractivity contribution in [2.75, 3.05) is 25.1 Å². The number of carboxylic acids is 1. The second-order valence-corrected chi connectivity index (χ2v) is 4.83. The van der Waals surface area contributed by atoms with E-state index in [1.54, 1.807) is 13.2 Å². The van der Waals surface area contributed by atoms with Gasteiger partial charge < -0.3 is 14.7 Å². The van der Waals surface area contributed by atoms with Crippen LogP contribution < -0.4 is 4.90 Å². The van der Waals surface area contributed by atoms with Gasteiger partial charge in [0.2, 0.25) is 0 Å². The van der Waals surface area contributed by atoms with Gasteiger partial charge in [-0.2, -0.15) is 0 Å².